The Bertz CT molecular complexity index is 1310. The molecule has 192 valence electrons. The molecule has 5 nitrogen and oxygen atoms in total. The predicted molar refractivity (Wildman–Crippen MR) is 154 cm³/mol. The molecule has 0 spiro atoms. The summed E-state index contributed by atoms with van der Waals surface area (Å²) in [5.74, 6) is 0.317. The van der Waals surface area contributed by atoms with Crippen molar-refractivity contribution < 1.29 is 14.3 Å². The summed E-state index contributed by atoms with van der Waals surface area (Å²) in [6, 6.07) is 21.0. The number of anilines is 1. The van der Waals surface area contributed by atoms with Crippen LogP contribution in [0, 0.1) is 0 Å². The van der Waals surface area contributed by atoms with Gasteiger partial charge in [-0.1, -0.05) is 59.6 Å². The minimum Gasteiger partial charge on any atom is -0.488 e. The number of nitrogens with zero attached hydrogens (tertiary/aromatic N) is 2. The average molecular weight is 556 g/mol. The molecule has 0 radical (unpaired) electrons. The molecule has 0 N–H and O–H groups in total. The molecular weight excluding hydrogens is 527 g/mol. The van der Waals surface area contributed by atoms with Crippen LogP contribution >= 0.6 is 35.0 Å². The number of hydrogen-bond donors (Lipinski definition) is 0. The van der Waals surface area contributed by atoms with Crippen molar-refractivity contribution in [1.29, 1.82) is 0 Å². The van der Waals surface area contributed by atoms with Crippen LogP contribution in [0.15, 0.2) is 71.6 Å². The standard InChI is InChI=1S/C29H28Cl2N2O3S/c1-3-32(4-2)24-13-11-21(26(18-24)36-19-22-10-12-23(30)17-25(22)31)16-27-28(34)33(29(35)37-27)15-14-20-8-6-5-7-9-20/h5-13,16-18H,3-4,14-15,19H2,1-2H3/b27-16+. The fourth-order valence-corrected chi connectivity index (χ4v) is 5.39. The zero-order chi connectivity index (χ0) is 26.4. The molecule has 2 amide bonds. The number of imide groups is 1. The molecule has 0 aromatic heterocycles. The third-order valence-corrected chi connectivity index (χ3v) is 7.65. The molecule has 0 bridgehead atoms. The van der Waals surface area contributed by atoms with Crippen molar-refractivity contribution in [1.82, 2.24) is 4.90 Å². The minimum absolute atomic E-state index is 0.233. The number of benzene rings is 3. The number of ether oxygens (including phenoxy) is 1. The van der Waals surface area contributed by atoms with Gasteiger partial charge in [0.1, 0.15) is 12.4 Å². The minimum atomic E-state index is -0.287. The van der Waals surface area contributed by atoms with Gasteiger partial charge in [-0.05, 0) is 67.9 Å². The molecule has 1 aliphatic rings. The van der Waals surface area contributed by atoms with Crippen molar-refractivity contribution >= 4 is 57.9 Å². The van der Waals surface area contributed by atoms with E-state index < -0.39 is 0 Å². The van der Waals surface area contributed by atoms with E-state index in [0.29, 0.717) is 33.7 Å². The molecule has 3 aromatic carbocycles. The average Bonchev–Trinajstić information content (AvgIpc) is 3.16. The molecule has 0 saturated carbocycles. The molecule has 8 heteroatoms. The number of halogens is 2. The maximum Gasteiger partial charge on any atom is 0.293 e. The molecule has 1 fully saturated rings. The van der Waals surface area contributed by atoms with E-state index in [0.717, 1.165) is 47.2 Å². The van der Waals surface area contributed by atoms with E-state index in [9.17, 15) is 9.59 Å². The van der Waals surface area contributed by atoms with Gasteiger partial charge in [0.25, 0.3) is 11.1 Å². The Morgan fingerprint density at radius 2 is 1.73 bits per heavy atom. The summed E-state index contributed by atoms with van der Waals surface area (Å²) in [5, 5.41) is 0.816. The van der Waals surface area contributed by atoms with Gasteiger partial charge in [0.2, 0.25) is 0 Å². The number of carbonyl (C=O) groups is 2. The summed E-state index contributed by atoms with van der Waals surface area (Å²) in [6.07, 6.45) is 2.35. The highest BCUT2D eigenvalue weighted by Crippen LogP contribution is 2.36. The Hall–Kier alpha value is -2.93. The van der Waals surface area contributed by atoms with Crippen LogP contribution in [0.4, 0.5) is 10.5 Å². The van der Waals surface area contributed by atoms with Crippen molar-refractivity contribution in [3.63, 3.8) is 0 Å². The van der Waals surface area contributed by atoms with Gasteiger partial charge in [-0.15, -0.1) is 0 Å². The number of hydrogen-bond acceptors (Lipinski definition) is 5. The molecule has 1 heterocycles. The Labute approximate surface area is 232 Å². The van der Waals surface area contributed by atoms with Gasteiger partial charge in [-0.25, -0.2) is 0 Å². The molecule has 37 heavy (non-hydrogen) atoms. The van der Waals surface area contributed by atoms with Gasteiger partial charge < -0.3 is 9.64 Å². The van der Waals surface area contributed by atoms with Crippen LogP contribution in [0.2, 0.25) is 10.0 Å². The highest BCUT2D eigenvalue weighted by atomic mass is 35.5. The molecule has 0 atom stereocenters. The smallest absolute Gasteiger partial charge is 0.293 e. The van der Waals surface area contributed by atoms with E-state index in [4.69, 9.17) is 27.9 Å². The van der Waals surface area contributed by atoms with Crippen molar-refractivity contribution in [3.05, 3.63) is 98.4 Å². The third kappa shape index (κ3) is 6.69. The van der Waals surface area contributed by atoms with Gasteiger partial charge in [0.15, 0.2) is 0 Å². The van der Waals surface area contributed by atoms with Gasteiger partial charge in [-0.3, -0.25) is 14.5 Å². The zero-order valence-electron chi connectivity index (χ0n) is 20.7. The first kappa shape index (κ1) is 27.1. The van der Waals surface area contributed by atoms with Gasteiger partial charge in [-0.2, -0.15) is 0 Å². The molecule has 1 saturated heterocycles. The lowest BCUT2D eigenvalue weighted by Crippen LogP contribution is -2.30. The Kier molecular flexibility index (Phi) is 9.19. The maximum absolute atomic E-state index is 13.1. The van der Waals surface area contributed by atoms with Crippen LogP contribution in [-0.2, 0) is 17.8 Å². The third-order valence-electron chi connectivity index (χ3n) is 6.15. The molecular formula is C29H28Cl2N2O3S. The van der Waals surface area contributed by atoms with E-state index in [-0.39, 0.29) is 17.8 Å². The first-order chi connectivity index (χ1) is 17.9. The molecule has 0 unspecified atom stereocenters. The van der Waals surface area contributed by atoms with Crippen LogP contribution in [0.3, 0.4) is 0 Å². The first-order valence-corrected chi connectivity index (χ1v) is 13.7. The van der Waals surface area contributed by atoms with Crippen molar-refractivity contribution in [3.8, 4) is 5.75 Å². The Morgan fingerprint density at radius 1 is 0.973 bits per heavy atom. The van der Waals surface area contributed by atoms with Crippen LogP contribution < -0.4 is 9.64 Å². The van der Waals surface area contributed by atoms with E-state index in [1.165, 1.54) is 4.90 Å². The second kappa shape index (κ2) is 12.5. The van der Waals surface area contributed by atoms with E-state index in [2.05, 4.69) is 18.7 Å². The SMILES string of the molecule is CCN(CC)c1ccc(/C=C2/SC(=O)N(CCc3ccccc3)C2=O)c(OCc2ccc(Cl)cc2Cl)c1. The molecule has 4 rings (SSSR count). The van der Waals surface area contributed by atoms with E-state index >= 15 is 0 Å². The number of thioether (sulfide) groups is 1. The predicted octanol–water partition coefficient (Wildman–Crippen LogP) is 7.70. The van der Waals surface area contributed by atoms with Gasteiger partial charge in [0, 0.05) is 52.6 Å². The van der Waals surface area contributed by atoms with Gasteiger partial charge >= 0.3 is 0 Å². The fourth-order valence-electron chi connectivity index (χ4n) is 4.07. The largest absolute Gasteiger partial charge is 0.488 e. The monoisotopic (exact) mass is 554 g/mol. The highest BCUT2D eigenvalue weighted by Gasteiger charge is 2.34. The molecule has 1 aliphatic heterocycles. The van der Waals surface area contributed by atoms with Crippen LogP contribution in [0.5, 0.6) is 5.75 Å². The van der Waals surface area contributed by atoms with E-state index in [1.54, 1.807) is 18.2 Å². The second-order valence-corrected chi connectivity index (χ2v) is 10.3. The normalized spacial score (nSPS) is 14.5. The number of rotatable bonds is 10. The second-order valence-electron chi connectivity index (χ2n) is 8.49. The van der Waals surface area contributed by atoms with Crippen molar-refractivity contribution in [2.24, 2.45) is 0 Å². The molecule has 0 aliphatic carbocycles. The summed E-state index contributed by atoms with van der Waals surface area (Å²) in [4.78, 5) is 29.7. The summed E-state index contributed by atoms with van der Waals surface area (Å²) >= 11 is 13.3. The van der Waals surface area contributed by atoms with Crippen molar-refractivity contribution in [2.75, 3.05) is 24.5 Å². The first-order valence-electron chi connectivity index (χ1n) is 12.1. The number of carbonyl (C=O) groups excluding carboxylic acids is 2. The fraction of sp³-hybridized carbons (Fsp3) is 0.241. The lowest BCUT2D eigenvalue weighted by Gasteiger charge is -2.22. The zero-order valence-corrected chi connectivity index (χ0v) is 23.1. The van der Waals surface area contributed by atoms with E-state index in [1.807, 2.05) is 54.6 Å². The summed E-state index contributed by atoms with van der Waals surface area (Å²) in [5.41, 5.74) is 3.60. The van der Waals surface area contributed by atoms with Crippen LogP contribution in [0.25, 0.3) is 6.08 Å². The maximum atomic E-state index is 13.1. The van der Waals surface area contributed by atoms with Crippen molar-refractivity contribution in [2.45, 2.75) is 26.9 Å². The quantitative estimate of drug-likeness (QED) is 0.240. The molecule has 3 aromatic rings. The Morgan fingerprint density at radius 3 is 2.43 bits per heavy atom. The van der Waals surface area contributed by atoms with Gasteiger partial charge in [0.05, 0.1) is 4.91 Å². The summed E-state index contributed by atoms with van der Waals surface area (Å²) in [7, 11) is 0. The summed E-state index contributed by atoms with van der Waals surface area (Å²) in [6.45, 7) is 6.45. The number of amides is 2. The van der Waals surface area contributed by atoms with Crippen LogP contribution in [0.1, 0.15) is 30.5 Å². The topological polar surface area (TPSA) is 49.9 Å². The highest BCUT2D eigenvalue weighted by molar-refractivity contribution is 8.18. The summed E-state index contributed by atoms with van der Waals surface area (Å²) < 4.78 is 6.21. The van der Waals surface area contributed by atoms with Crippen LogP contribution in [-0.4, -0.2) is 35.7 Å². The Balaban J connectivity index is 1.58. The lowest BCUT2D eigenvalue weighted by atomic mass is 10.1. The lowest BCUT2D eigenvalue weighted by molar-refractivity contribution is -0.122.